The Labute approximate surface area is 142 Å². The van der Waals surface area contributed by atoms with Crippen LogP contribution in [0.3, 0.4) is 0 Å². The largest absolute Gasteiger partial charge is 0.378 e. The number of guanidine groups is 1. The zero-order valence-electron chi connectivity index (χ0n) is 13.4. The van der Waals surface area contributed by atoms with Crippen molar-refractivity contribution >= 4 is 23.6 Å². The van der Waals surface area contributed by atoms with Crippen LogP contribution in [-0.2, 0) is 7.05 Å². The molecule has 0 atom stereocenters. The highest BCUT2D eigenvalue weighted by Crippen LogP contribution is 2.28. The Morgan fingerprint density at radius 2 is 1.96 bits per heavy atom. The van der Waals surface area contributed by atoms with E-state index in [0.717, 1.165) is 16.8 Å². The number of hydrogen-bond donors (Lipinski definition) is 2. The average Bonchev–Trinajstić information content (AvgIpc) is 2.89. The summed E-state index contributed by atoms with van der Waals surface area (Å²) < 4.78 is 3.35. The van der Waals surface area contributed by atoms with E-state index in [-0.39, 0.29) is 16.7 Å². The van der Waals surface area contributed by atoms with Gasteiger partial charge in [0.1, 0.15) is 6.20 Å². The van der Waals surface area contributed by atoms with Gasteiger partial charge in [0.25, 0.3) is 5.65 Å². The van der Waals surface area contributed by atoms with Crippen molar-refractivity contribution < 1.29 is 9.49 Å². The second kappa shape index (κ2) is 6.40. The topological polar surface area (TPSA) is 128 Å². The van der Waals surface area contributed by atoms with Crippen molar-refractivity contribution in [2.75, 3.05) is 0 Å². The fourth-order valence-electron chi connectivity index (χ4n) is 2.65. The highest BCUT2D eigenvalue weighted by Gasteiger charge is 2.29. The summed E-state index contributed by atoms with van der Waals surface area (Å²) >= 11 is 0. The lowest BCUT2D eigenvalue weighted by atomic mass is 10.1. The van der Waals surface area contributed by atoms with E-state index in [1.165, 1.54) is 6.21 Å². The van der Waals surface area contributed by atoms with Crippen molar-refractivity contribution in [3.8, 4) is 11.3 Å². The third-order valence-corrected chi connectivity index (χ3v) is 3.69. The predicted molar refractivity (Wildman–Crippen MR) is 94.1 cm³/mol. The summed E-state index contributed by atoms with van der Waals surface area (Å²) in [6.45, 7) is 0. The quantitative estimate of drug-likeness (QED) is 0.241. The van der Waals surface area contributed by atoms with E-state index in [4.69, 9.17) is 11.5 Å². The Morgan fingerprint density at radius 3 is 2.60 bits per heavy atom. The summed E-state index contributed by atoms with van der Waals surface area (Å²) in [5.74, 6) is -0.115. The Hall–Kier alpha value is -3.75. The predicted octanol–water partition coefficient (Wildman–Crippen LogP) is 0.946. The van der Waals surface area contributed by atoms with Gasteiger partial charge in [0.2, 0.25) is 11.7 Å². The van der Waals surface area contributed by atoms with Crippen LogP contribution in [0.5, 0.6) is 0 Å². The number of nitrogens with zero attached hydrogens (tertiary/aromatic N) is 5. The van der Waals surface area contributed by atoms with Crippen LogP contribution in [0, 0.1) is 10.1 Å². The molecule has 9 heteroatoms. The number of aryl methyl sites for hydroxylation is 1. The molecule has 0 bridgehead atoms. The van der Waals surface area contributed by atoms with Crippen LogP contribution in [-0.4, -0.2) is 21.5 Å². The molecule has 2 aromatic heterocycles. The minimum atomic E-state index is -0.379. The first-order chi connectivity index (χ1) is 12.0. The van der Waals surface area contributed by atoms with Crippen LogP contribution in [0.1, 0.15) is 5.56 Å². The minimum absolute atomic E-state index is 0.0139. The standard InChI is InChI=1S/C16H16N7O2/c1-21-13-4-2-3-9-22(13)15(23(24)25)14(21)12-7-5-11(6-8-12)10-19-20-16(17)18/h2-10H,1H3,(H4,17,18,20)/q+1/b19-10+. The Kier molecular flexibility index (Phi) is 4.12. The normalized spacial score (nSPS) is 11.1. The number of nitrogens with two attached hydrogens (primary N) is 2. The smallest absolute Gasteiger partial charge is 0.369 e. The molecule has 4 N–H and O–H groups in total. The van der Waals surface area contributed by atoms with Crippen LogP contribution < -0.4 is 16.0 Å². The average molecular weight is 338 g/mol. The molecule has 0 unspecified atom stereocenters. The zero-order chi connectivity index (χ0) is 18.0. The maximum absolute atomic E-state index is 11.6. The summed E-state index contributed by atoms with van der Waals surface area (Å²) in [5.41, 5.74) is 13.1. The molecule has 0 aliphatic carbocycles. The summed E-state index contributed by atoms with van der Waals surface area (Å²) in [6.07, 6.45) is 3.17. The molecule has 0 spiro atoms. The second-order valence-electron chi connectivity index (χ2n) is 5.31. The SMILES string of the molecule is C[n+]1c(-c2ccc(/C=N/N=C(N)N)cc2)c([N+](=O)[O-])n2ccccc21. The molecule has 2 heterocycles. The minimum Gasteiger partial charge on any atom is -0.369 e. The lowest BCUT2D eigenvalue weighted by molar-refractivity contribution is -0.634. The molecule has 25 heavy (non-hydrogen) atoms. The number of aromatic nitrogens is 2. The maximum Gasteiger partial charge on any atom is 0.378 e. The number of hydrogen-bond acceptors (Lipinski definition) is 4. The molecule has 9 nitrogen and oxygen atoms in total. The zero-order valence-corrected chi connectivity index (χ0v) is 13.4. The lowest BCUT2D eigenvalue weighted by Crippen LogP contribution is -2.29. The van der Waals surface area contributed by atoms with Crippen molar-refractivity contribution in [3.05, 3.63) is 64.3 Å². The molecule has 0 saturated carbocycles. The van der Waals surface area contributed by atoms with Gasteiger partial charge >= 0.3 is 5.82 Å². The lowest BCUT2D eigenvalue weighted by Gasteiger charge is -2.00. The third kappa shape index (κ3) is 3.02. The van der Waals surface area contributed by atoms with Crippen LogP contribution in [0.2, 0.25) is 0 Å². The number of rotatable bonds is 4. The van der Waals surface area contributed by atoms with E-state index in [1.807, 2.05) is 12.1 Å². The summed E-state index contributed by atoms with van der Waals surface area (Å²) in [5, 5.41) is 18.9. The van der Waals surface area contributed by atoms with Crippen LogP contribution in [0.4, 0.5) is 5.82 Å². The van der Waals surface area contributed by atoms with E-state index in [0.29, 0.717) is 5.69 Å². The molecule has 0 aliphatic heterocycles. The van der Waals surface area contributed by atoms with Gasteiger partial charge in [0, 0.05) is 11.6 Å². The van der Waals surface area contributed by atoms with E-state index in [2.05, 4.69) is 10.2 Å². The van der Waals surface area contributed by atoms with Gasteiger partial charge < -0.3 is 21.6 Å². The van der Waals surface area contributed by atoms with Gasteiger partial charge in [-0.2, -0.15) is 9.50 Å². The van der Waals surface area contributed by atoms with E-state index < -0.39 is 0 Å². The molecule has 1 aromatic carbocycles. The first kappa shape index (κ1) is 16.1. The van der Waals surface area contributed by atoms with Gasteiger partial charge in [0.15, 0.2) is 0 Å². The van der Waals surface area contributed by atoms with Gasteiger partial charge in [0.05, 0.1) is 13.3 Å². The molecule has 0 aliphatic rings. The fraction of sp³-hybridized carbons (Fsp3) is 0.0625. The van der Waals surface area contributed by atoms with Crippen LogP contribution in [0.25, 0.3) is 16.9 Å². The highest BCUT2D eigenvalue weighted by atomic mass is 16.6. The Bertz CT molecular complexity index is 999. The number of pyridine rings is 1. The van der Waals surface area contributed by atoms with E-state index >= 15 is 0 Å². The molecular weight excluding hydrogens is 322 g/mol. The molecule has 0 radical (unpaired) electrons. The number of imidazole rings is 1. The Morgan fingerprint density at radius 1 is 1.24 bits per heavy atom. The van der Waals surface area contributed by atoms with Crippen molar-refractivity contribution in [1.29, 1.82) is 0 Å². The molecule has 0 saturated heterocycles. The van der Waals surface area contributed by atoms with Gasteiger partial charge in [-0.25, -0.2) is 4.57 Å². The van der Waals surface area contributed by atoms with E-state index in [1.54, 1.807) is 52.5 Å². The number of benzene rings is 1. The first-order valence-corrected chi connectivity index (χ1v) is 7.35. The third-order valence-electron chi connectivity index (χ3n) is 3.69. The number of nitro groups is 1. The summed E-state index contributed by atoms with van der Waals surface area (Å²) in [6, 6.07) is 12.6. The maximum atomic E-state index is 11.6. The molecule has 3 aromatic rings. The molecule has 126 valence electrons. The molecule has 0 amide bonds. The monoisotopic (exact) mass is 338 g/mol. The summed E-state index contributed by atoms with van der Waals surface area (Å²) in [4.78, 5) is 11.2. The van der Waals surface area contributed by atoms with Crippen LogP contribution in [0.15, 0.2) is 58.9 Å². The van der Waals surface area contributed by atoms with Crippen molar-refractivity contribution in [2.24, 2.45) is 28.7 Å². The highest BCUT2D eigenvalue weighted by molar-refractivity contribution is 5.82. The number of fused-ring (bicyclic) bond motifs is 1. The fourth-order valence-corrected chi connectivity index (χ4v) is 2.65. The van der Waals surface area contributed by atoms with Gasteiger partial charge in [-0.15, -0.1) is 5.10 Å². The summed E-state index contributed by atoms with van der Waals surface area (Å²) in [7, 11) is 1.80. The van der Waals surface area contributed by atoms with Gasteiger partial charge in [-0.3, -0.25) is 0 Å². The van der Waals surface area contributed by atoms with Gasteiger partial charge in [-0.1, -0.05) is 18.2 Å². The Balaban J connectivity index is 2.09. The van der Waals surface area contributed by atoms with Gasteiger partial charge in [-0.05, 0) is 28.7 Å². The van der Waals surface area contributed by atoms with Crippen molar-refractivity contribution in [1.82, 2.24) is 4.40 Å². The molecule has 0 fully saturated rings. The van der Waals surface area contributed by atoms with Crippen molar-refractivity contribution in [2.45, 2.75) is 0 Å². The second-order valence-corrected chi connectivity index (χ2v) is 5.31. The van der Waals surface area contributed by atoms with E-state index in [9.17, 15) is 10.1 Å². The first-order valence-electron chi connectivity index (χ1n) is 7.35. The molecular formula is C16H16N7O2+. The van der Waals surface area contributed by atoms with Crippen LogP contribution >= 0.6 is 0 Å². The van der Waals surface area contributed by atoms with Crippen molar-refractivity contribution in [3.63, 3.8) is 0 Å². The molecule has 3 rings (SSSR count).